The lowest BCUT2D eigenvalue weighted by molar-refractivity contribution is -0.129. The molecule has 0 aromatic heterocycles. The quantitative estimate of drug-likeness (QED) is 0.641. The van der Waals surface area contributed by atoms with Crippen LogP contribution in [0, 0.1) is 0 Å². The van der Waals surface area contributed by atoms with E-state index in [-0.39, 0.29) is 11.6 Å². The van der Waals surface area contributed by atoms with Crippen LogP contribution in [-0.2, 0) is 9.53 Å². The van der Waals surface area contributed by atoms with Crippen molar-refractivity contribution in [1.82, 2.24) is 0 Å². The molecule has 0 aliphatic carbocycles. The number of aliphatic imine (C=N–C) groups is 1. The lowest BCUT2D eigenvalue weighted by atomic mass is 10.2. The summed E-state index contributed by atoms with van der Waals surface area (Å²) in [4.78, 5) is 16.1. The fourth-order valence-electron chi connectivity index (χ4n) is 2.01. The number of nitrogens with zero attached hydrogens (tertiary/aromatic N) is 1. The van der Waals surface area contributed by atoms with Gasteiger partial charge < -0.3 is 9.47 Å². The molecular formula is C17H12ClNO3. The molecule has 0 N–H and O–H groups in total. The maximum absolute atomic E-state index is 11.9. The molecule has 0 amide bonds. The van der Waals surface area contributed by atoms with Gasteiger partial charge in [0.2, 0.25) is 5.90 Å². The van der Waals surface area contributed by atoms with Crippen LogP contribution in [0.2, 0.25) is 5.02 Å². The Morgan fingerprint density at radius 3 is 2.64 bits per heavy atom. The Balaban J connectivity index is 1.90. The molecule has 22 heavy (non-hydrogen) atoms. The SMILES string of the molecule is COc1ccc(/C=C2\N=C(c3cccc(Cl)c3)OC2=O)cc1. The van der Waals surface area contributed by atoms with Crippen molar-refractivity contribution in [2.24, 2.45) is 4.99 Å². The first-order valence-electron chi connectivity index (χ1n) is 6.58. The normalized spacial score (nSPS) is 15.6. The molecule has 5 heteroatoms. The summed E-state index contributed by atoms with van der Waals surface area (Å²) >= 11 is 5.93. The summed E-state index contributed by atoms with van der Waals surface area (Å²) in [7, 11) is 1.60. The highest BCUT2D eigenvalue weighted by Crippen LogP contribution is 2.21. The number of cyclic esters (lactones) is 1. The largest absolute Gasteiger partial charge is 0.497 e. The predicted molar refractivity (Wildman–Crippen MR) is 85.1 cm³/mol. The van der Waals surface area contributed by atoms with E-state index in [9.17, 15) is 4.79 Å². The second-order valence-electron chi connectivity index (χ2n) is 4.62. The van der Waals surface area contributed by atoms with Gasteiger partial charge in [0.25, 0.3) is 0 Å². The Morgan fingerprint density at radius 2 is 1.95 bits per heavy atom. The summed E-state index contributed by atoms with van der Waals surface area (Å²) in [5.41, 5.74) is 1.75. The van der Waals surface area contributed by atoms with Crippen molar-refractivity contribution in [3.8, 4) is 5.75 Å². The number of carbonyl (C=O) groups is 1. The average molecular weight is 314 g/mol. The lowest BCUT2D eigenvalue weighted by Crippen LogP contribution is -2.05. The number of halogens is 1. The second kappa shape index (κ2) is 6.03. The fraction of sp³-hybridized carbons (Fsp3) is 0.0588. The standard InChI is InChI=1S/C17H12ClNO3/c1-21-14-7-5-11(6-8-14)9-15-17(20)22-16(19-15)12-3-2-4-13(18)10-12/h2-10H,1H3/b15-9-. The van der Waals surface area contributed by atoms with Gasteiger partial charge in [-0.1, -0.05) is 29.8 Å². The third kappa shape index (κ3) is 3.02. The van der Waals surface area contributed by atoms with Crippen LogP contribution in [0.1, 0.15) is 11.1 Å². The van der Waals surface area contributed by atoms with E-state index < -0.39 is 5.97 Å². The van der Waals surface area contributed by atoms with Crippen molar-refractivity contribution in [1.29, 1.82) is 0 Å². The van der Waals surface area contributed by atoms with Crippen LogP contribution in [0.5, 0.6) is 5.75 Å². The summed E-state index contributed by atoms with van der Waals surface area (Å²) in [6.45, 7) is 0. The van der Waals surface area contributed by atoms with Crippen molar-refractivity contribution in [3.05, 3.63) is 70.4 Å². The number of hydrogen-bond donors (Lipinski definition) is 0. The number of hydrogen-bond acceptors (Lipinski definition) is 4. The van der Waals surface area contributed by atoms with Gasteiger partial charge in [-0.15, -0.1) is 0 Å². The molecule has 1 aliphatic heterocycles. The second-order valence-corrected chi connectivity index (χ2v) is 5.06. The van der Waals surface area contributed by atoms with Crippen molar-refractivity contribution in [3.63, 3.8) is 0 Å². The van der Waals surface area contributed by atoms with Gasteiger partial charge in [-0.05, 0) is 42.0 Å². The zero-order valence-electron chi connectivity index (χ0n) is 11.7. The number of carbonyl (C=O) groups excluding carboxylic acids is 1. The summed E-state index contributed by atoms with van der Waals surface area (Å²) in [5.74, 6) is 0.525. The van der Waals surface area contributed by atoms with E-state index in [1.807, 2.05) is 24.3 Å². The highest BCUT2D eigenvalue weighted by atomic mass is 35.5. The minimum absolute atomic E-state index is 0.250. The van der Waals surface area contributed by atoms with E-state index >= 15 is 0 Å². The Kier molecular flexibility index (Phi) is 3.94. The Hall–Kier alpha value is -2.59. The number of esters is 1. The number of benzene rings is 2. The highest BCUT2D eigenvalue weighted by molar-refractivity contribution is 6.31. The number of ether oxygens (including phenoxy) is 2. The van der Waals surface area contributed by atoms with Crippen LogP contribution in [0.25, 0.3) is 6.08 Å². The molecule has 0 unspecified atom stereocenters. The summed E-state index contributed by atoms with van der Waals surface area (Å²) in [5, 5.41) is 0.559. The molecule has 0 spiro atoms. The molecule has 4 nitrogen and oxygen atoms in total. The molecule has 2 aromatic rings. The maximum Gasteiger partial charge on any atom is 0.363 e. The summed E-state index contributed by atoms with van der Waals surface area (Å²) in [6.07, 6.45) is 1.67. The molecular weight excluding hydrogens is 302 g/mol. The van der Waals surface area contributed by atoms with Gasteiger partial charge in [-0.25, -0.2) is 9.79 Å². The molecule has 0 radical (unpaired) electrons. The van der Waals surface area contributed by atoms with E-state index in [2.05, 4.69) is 4.99 Å². The van der Waals surface area contributed by atoms with Crippen molar-refractivity contribution in [2.75, 3.05) is 7.11 Å². The lowest BCUT2D eigenvalue weighted by Gasteiger charge is -1.99. The molecule has 1 heterocycles. The van der Waals surface area contributed by atoms with Gasteiger partial charge in [-0.2, -0.15) is 0 Å². The highest BCUT2D eigenvalue weighted by Gasteiger charge is 2.24. The van der Waals surface area contributed by atoms with Crippen LogP contribution in [0.3, 0.4) is 0 Å². The topological polar surface area (TPSA) is 47.9 Å². The molecule has 0 atom stereocenters. The molecule has 0 saturated heterocycles. The van der Waals surface area contributed by atoms with E-state index in [1.165, 1.54) is 0 Å². The van der Waals surface area contributed by atoms with Gasteiger partial charge in [0, 0.05) is 10.6 Å². The first-order chi connectivity index (χ1) is 10.7. The van der Waals surface area contributed by atoms with E-state index in [0.717, 1.165) is 11.3 Å². The zero-order chi connectivity index (χ0) is 15.5. The van der Waals surface area contributed by atoms with Crippen LogP contribution in [-0.4, -0.2) is 19.0 Å². The maximum atomic E-state index is 11.9. The Labute approximate surface area is 132 Å². The van der Waals surface area contributed by atoms with E-state index in [0.29, 0.717) is 10.6 Å². The zero-order valence-corrected chi connectivity index (χ0v) is 12.5. The third-order valence-corrected chi connectivity index (χ3v) is 3.35. The minimum atomic E-state index is -0.481. The van der Waals surface area contributed by atoms with Crippen LogP contribution < -0.4 is 4.74 Å². The molecule has 0 fully saturated rings. The minimum Gasteiger partial charge on any atom is -0.497 e. The van der Waals surface area contributed by atoms with E-state index in [4.69, 9.17) is 21.1 Å². The Bertz CT molecular complexity index is 779. The number of rotatable bonds is 3. The molecule has 0 bridgehead atoms. The molecule has 0 saturated carbocycles. The van der Waals surface area contributed by atoms with Crippen molar-refractivity contribution in [2.45, 2.75) is 0 Å². The van der Waals surface area contributed by atoms with Crippen LogP contribution in [0.15, 0.2) is 59.2 Å². The smallest absolute Gasteiger partial charge is 0.363 e. The van der Waals surface area contributed by atoms with E-state index in [1.54, 1.807) is 37.5 Å². The summed E-state index contributed by atoms with van der Waals surface area (Å²) < 4.78 is 10.3. The molecule has 110 valence electrons. The fourth-order valence-corrected chi connectivity index (χ4v) is 2.20. The Morgan fingerprint density at radius 1 is 1.18 bits per heavy atom. The summed E-state index contributed by atoms with van der Waals surface area (Å²) in [6, 6.07) is 14.3. The van der Waals surface area contributed by atoms with Crippen LogP contribution >= 0.6 is 11.6 Å². The number of methoxy groups -OCH3 is 1. The molecule has 2 aromatic carbocycles. The average Bonchev–Trinajstić information content (AvgIpc) is 2.89. The van der Waals surface area contributed by atoms with Gasteiger partial charge in [-0.3, -0.25) is 0 Å². The monoisotopic (exact) mass is 313 g/mol. The predicted octanol–water partition coefficient (Wildman–Crippen LogP) is 3.69. The van der Waals surface area contributed by atoms with Gasteiger partial charge >= 0.3 is 5.97 Å². The van der Waals surface area contributed by atoms with Crippen molar-refractivity contribution >= 4 is 29.5 Å². The van der Waals surface area contributed by atoms with Gasteiger partial charge in [0.1, 0.15) is 5.75 Å². The first-order valence-corrected chi connectivity index (χ1v) is 6.96. The van der Waals surface area contributed by atoms with Crippen LogP contribution in [0.4, 0.5) is 0 Å². The third-order valence-electron chi connectivity index (χ3n) is 3.11. The molecule has 1 aliphatic rings. The molecule has 3 rings (SSSR count). The van der Waals surface area contributed by atoms with Gasteiger partial charge in [0.15, 0.2) is 5.70 Å². The first kappa shape index (κ1) is 14.4. The van der Waals surface area contributed by atoms with Gasteiger partial charge in [0.05, 0.1) is 7.11 Å². The van der Waals surface area contributed by atoms with Crippen molar-refractivity contribution < 1.29 is 14.3 Å².